The number of cyclic esters (lactones) is 1. The second-order valence-corrected chi connectivity index (χ2v) is 4.36. The molecule has 0 amide bonds. The highest BCUT2D eigenvalue weighted by molar-refractivity contribution is 5.71. The molecule has 13 heavy (non-hydrogen) atoms. The van der Waals surface area contributed by atoms with Gasteiger partial charge in [0.1, 0.15) is 6.10 Å². The molecule has 0 spiro atoms. The molecule has 1 aliphatic rings. The van der Waals surface area contributed by atoms with E-state index in [2.05, 4.69) is 0 Å². The molecule has 0 unspecified atom stereocenters. The minimum atomic E-state index is -0.595. The van der Waals surface area contributed by atoms with E-state index in [4.69, 9.17) is 4.74 Å². The average Bonchev–Trinajstić information content (AvgIpc) is 2.33. The number of ether oxygens (including phenoxy) is 1. The summed E-state index contributed by atoms with van der Waals surface area (Å²) in [7, 11) is 0. The van der Waals surface area contributed by atoms with Crippen LogP contribution in [0.25, 0.3) is 0 Å². The van der Waals surface area contributed by atoms with Gasteiger partial charge in [0, 0.05) is 6.42 Å². The molecule has 1 saturated heterocycles. The molecule has 1 aliphatic heterocycles. The summed E-state index contributed by atoms with van der Waals surface area (Å²) in [5, 5.41) is 9.44. The smallest absolute Gasteiger partial charge is 0.306 e. The summed E-state index contributed by atoms with van der Waals surface area (Å²) in [6, 6.07) is 0. The summed E-state index contributed by atoms with van der Waals surface area (Å²) in [5.41, 5.74) is -0.595. The van der Waals surface area contributed by atoms with E-state index in [1.54, 1.807) is 13.8 Å². The summed E-state index contributed by atoms with van der Waals surface area (Å²) in [6.07, 6.45) is 4.09. The monoisotopic (exact) mass is 186 g/mol. The first-order valence-electron chi connectivity index (χ1n) is 4.89. The molecule has 0 aromatic heterocycles. The molecule has 3 nitrogen and oxygen atoms in total. The third kappa shape index (κ3) is 4.27. The van der Waals surface area contributed by atoms with Crippen LogP contribution in [0, 0.1) is 0 Å². The largest absolute Gasteiger partial charge is 0.462 e. The van der Waals surface area contributed by atoms with Crippen LogP contribution in [0.5, 0.6) is 0 Å². The Labute approximate surface area is 79.1 Å². The zero-order chi connectivity index (χ0) is 9.90. The summed E-state index contributed by atoms with van der Waals surface area (Å²) < 4.78 is 5.06. The quantitative estimate of drug-likeness (QED) is 0.679. The maximum Gasteiger partial charge on any atom is 0.306 e. The molecule has 76 valence electrons. The van der Waals surface area contributed by atoms with Crippen LogP contribution >= 0.6 is 0 Å². The van der Waals surface area contributed by atoms with Crippen molar-refractivity contribution < 1.29 is 14.6 Å². The Hall–Kier alpha value is -0.570. The molecule has 1 N–H and O–H groups in total. The maximum absolute atomic E-state index is 10.7. The molecule has 0 bridgehead atoms. The highest BCUT2D eigenvalue weighted by Crippen LogP contribution is 2.21. The van der Waals surface area contributed by atoms with Crippen LogP contribution < -0.4 is 0 Å². The van der Waals surface area contributed by atoms with E-state index in [1.165, 1.54) is 0 Å². The Balaban J connectivity index is 2.10. The SMILES string of the molecule is CC(C)(O)CCC[C@@H]1CCC(=O)O1. The van der Waals surface area contributed by atoms with Gasteiger partial charge in [-0.1, -0.05) is 0 Å². The van der Waals surface area contributed by atoms with Gasteiger partial charge in [0.25, 0.3) is 0 Å². The number of carbonyl (C=O) groups is 1. The van der Waals surface area contributed by atoms with E-state index >= 15 is 0 Å². The molecule has 0 aromatic carbocycles. The zero-order valence-electron chi connectivity index (χ0n) is 8.38. The van der Waals surface area contributed by atoms with Gasteiger partial charge in [-0.15, -0.1) is 0 Å². The third-order valence-corrected chi connectivity index (χ3v) is 2.28. The fourth-order valence-electron chi connectivity index (χ4n) is 1.55. The fourth-order valence-corrected chi connectivity index (χ4v) is 1.55. The number of hydrogen-bond donors (Lipinski definition) is 1. The first kappa shape index (κ1) is 10.5. The number of carbonyl (C=O) groups excluding carboxylic acids is 1. The molecular formula is C10H18O3. The van der Waals surface area contributed by atoms with Crippen LogP contribution in [0.3, 0.4) is 0 Å². The predicted molar refractivity (Wildman–Crippen MR) is 49.3 cm³/mol. The lowest BCUT2D eigenvalue weighted by molar-refractivity contribution is -0.141. The zero-order valence-corrected chi connectivity index (χ0v) is 8.38. The first-order valence-corrected chi connectivity index (χ1v) is 4.89. The van der Waals surface area contributed by atoms with E-state index in [9.17, 15) is 9.90 Å². The molecule has 3 heteroatoms. The van der Waals surface area contributed by atoms with Crippen molar-refractivity contribution in [1.82, 2.24) is 0 Å². The highest BCUT2D eigenvalue weighted by atomic mass is 16.5. The lowest BCUT2D eigenvalue weighted by atomic mass is 9.99. The molecule has 0 radical (unpaired) electrons. The van der Waals surface area contributed by atoms with E-state index in [-0.39, 0.29) is 12.1 Å². The molecule has 1 atom stereocenters. The standard InChI is InChI=1S/C10H18O3/c1-10(2,12)7-3-4-8-5-6-9(11)13-8/h8,12H,3-7H2,1-2H3/t8-/m1/s1. The van der Waals surface area contributed by atoms with Crippen LogP contribution in [-0.4, -0.2) is 22.8 Å². The fraction of sp³-hybridized carbons (Fsp3) is 0.900. The van der Waals surface area contributed by atoms with Gasteiger partial charge in [0.15, 0.2) is 0 Å². The van der Waals surface area contributed by atoms with E-state index in [0.29, 0.717) is 6.42 Å². The van der Waals surface area contributed by atoms with Gasteiger partial charge < -0.3 is 9.84 Å². The summed E-state index contributed by atoms with van der Waals surface area (Å²) in [5.74, 6) is -0.0757. The van der Waals surface area contributed by atoms with E-state index in [1.807, 2.05) is 0 Å². The van der Waals surface area contributed by atoms with Gasteiger partial charge in [-0.3, -0.25) is 4.79 Å². The van der Waals surface area contributed by atoms with Crippen molar-refractivity contribution in [2.45, 2.75) is 57.7 Å². The van der Waals surface area contributed by atoms with Crippen LogP contribution in [-0.2, 0) is 9.53 Å². The minimum absolute atomic E-state index is 0.0757. The lowest BCUT2D eigenvalue weighted by Gasteiger charge is -2.17. The first-order chi connectivity index (χ1) is 5.97. The number of aliphatic hydroxyl groups is 1. The Morgan fingerprint density at radius 2 is 2.31 bits per heavy atom. The van der Waals surface area contributed by atoms with E-state index in [0.717, 1.165) is 25.7 Å². The molecule has 1 heterocycles. The Kier molecular flexibility index (Phi) is 3.31. The normalized spacial score (nSPS) is 23.3. The van der Waals surface area contributed by atoms with Gasteiger partial charge in [0.05, 0.1) is 5.60 Å². The highest BCUT2D eigenvalue weighted by Gasteiger charge is 2.23. The molecule has 0 aliphatic carbocycles. The second kappa shape index (κ2) is 4.09. The topological polar surface area (TPSA) is 46.5 Å². The number of esters is 1. The average molecular weight is 186 g/mol. The van der Waals surface area contributed by atoms with Crippen molar-refractivity contribution in [2.24, 2.45) is 0 Å². The van der Waals surface area contributed by atoms with Crippen LogP contribution in [0.4, 0.5) is 0 Å². The van der Waals surface area contributed by atoms with Crippen molar-refractivity contribution in [1.29, 1.82) is 0 Å². The number of rotatable bonds is 4. The molecule has 1 rings (SSSR count). The molecule has 1 fully saturated rings. The Bertz CT molecular complexity index is 181. The molecule has 0 saturated carbocycles. The summed E-state index contributed by atoms with van der Waals surface area (Å²) in [4.78, 5) is 10.7. The van der Waals surface area contributed by atoms with Gasteiger partial charge >= 0.3 is 5.97 Å². The lowest BCUT2D eigenvalue weighted by Crippen LogP contribution is -2.19. The van der Waals surface area contributed by atoms with Gasteiger partial charge in [-0.2, -0.15) is 0 Å². The summed E-state index contributed by atoms with van der Waals surface area (Å²) in [6.45, 7) is 3.60. The Morgan fingerprint density at radius 1 is 1.62 bits per heavy atom. The van der Waals surface area contributed by atoms with Crippen molar-refractivity contribution in [2.75, 3.05) is 0 Å². The van der Waals surface area contributed by atoms with E-state index < -0.39 is 5.60 Å². The predicted octanol–water partition coefficient (Wildman–Crippen LogP) is 1.63. The van der Waals surface area contributed by atoms with Crippen LogP contribution in [0.2, 0.25) is 0 Å². The minimum Gasteiger partial charge on any atom is -0.462 e. The Morgan fingerprint density at radius 3 is 2.77 bits per heavy atom. The third-order valence-electron chi connectivity index (χ3n) is 2.28. The van der Waals surface area contributed by atoms with Crippen molar-refractivity contribution >= 4 is 5.97 Å². The van der Waals surface area contributed by atoms with Crippen molar-refractivity contribution in [3.8, 4) is 0 Å². The summed E-state index contributed by atoms with van der Waals surface area (Å²) >= 11 is 0. The second-order valence-electron chi connectivity index (χ2n) is 4.36. The van der Waals surface area contributed by atoms with Gasteiger partial charge in [0.2, 0.25) is 0 Å². The van der Waals surface area contributed by atoms with Crippen molar-refractivity contribution in [3.05, 3.63) is 0 Å². The molecule has 0 aromatic rings. The maximum atomic E-state index is 10.7. The van der Waals surface area contributed by atoms with Gasteiger partial charge in [-0.25, -0.2) is 0 Å². The van der Waals surface area contributed by atoms with Crippen LogP contribution in [0.15, 0.2) is 0 Å². The molecular weight excluding hydrogens is 168 g/mol. The van der Waals surface area contributed by atoms with Gasteiger partial charge in [-0.05, 0) is 39.5 Å². The van der Waals surface area contributed by atoms with Crippen LogP contribution in [0.1, 0.15) is 46.0 Å². The number of hydrogen-bond acceptors (Lipinski definition) is 3. The van der Waals surface area contributed by atoms with Crippen molar-refractivity contribution in [3.63, 3.8) is 0 Å².